The highest BCUT2D eigenvalue weighted by Gasteiger charge is 2.05. The van der Waals surface area contributed by atoms with Gasteiger partial charge in [-0.25, -0.2) is 0 Å². The number of aromatic nitrogens is 1. The molecule has 0 aliphatic rings. The van der Waals surface area contributed by atoms with Crippen LogP contribution in [0.25, 0.3) is 10.9 Å². The average Bonchev–Trinajstić information content (AvgIpc) is 2.46. The van der Waals surface area contributed by atoms with Crippen molar-refractivity contribution >= 4 is 22.3 Å². The quantitative estimate of drug-likeness (QED) is 0.782. The molecule has 19 heavy (non-hydrogen) atoms. The summed E-state index contributed by atoms with van der Waals surface area (Å²) in [6, 6.07) is 7.86. The minimum absolute atomic E-state index is 0.775. The highest BCUT2D eigenvalue weighted by Crippen LogP contribution is 2.25. The van der Waals surface area contributed by atoms with Crippen LogP contribution >= 0.6 is 0 Å². The summed E-state index contributed by atoms with van der Waals surface area (Å²) in [5.41, 5.74) is 8.74. The smallest absolute Gasteiger partial charge is 0.0953 e. The Bertz CT molecular complexity index is 535. The molecule has 0 spiro atoms. The van der Waals surface area contributed by atoms with Gasteiger partial charge < -0.3 is 16.0 Å². The Morgan fingerprint density at radius 1 is 1.21 bits per heavy atom. The first-order valence-electron chi connectivity index (χ1n) is 6.85. The Labute approximate surface area is 114 Å². The van der Waals surface area contributed by atoms with E-state index in [0.29, 0.717) is 0 Å². The zero-order valence-electron chi connectivity index (χ0n) is 11.7. The van der Waals surface area contributed by atoms with E-state index in [1.54, 1.807) is 6.20 Å². The summed E-state index contributed by atoms with van der Waals surface area (Å²) < 4.78 is 0. The van der Waals surface area contributed by atoms with Gasteiger partial charge in [0.1, 0.15) is 0 Å². The lowest BCUT2D eigenvalue weighted by atomic mass is 10.1. The van der Waals surface area contributed by atoms with Crippen molar-refractivity contribution in [3.8, 4) is 0 Å². The highest BCUT2D eigenvalue weighted by atomic mass is 15.1. The molecule has 0 bridgehead atoms. The number of likely N-dealkylation sites (N-methyl/N-ethyl adjacent to an activating group) is 1. The van der Waals surface area contributed by atoms with Crippen molar-refractivity contribution in [1.29, 1.82) is 0 Å². The summed E-state index contributed by atoms with van der Waals surface area (Å²) in [6.45, 7) is 8.48. The monoisotopic (exact) mass is 258 g/mol. The van der Waals surface area contributed by atoms with Crippen molar-refractivity contribution in [2.24, 2.45) is 0 Å². The van der Waals surface area contributed by atoms with Crippen LogP contribution in [0.1, 0.15) is 13.8 Å². The number of rotatable bonds is 6. The van der Waals surface area contributed by atoms with Crippen molar-refractivity contribution in [2.45, 2.75) is 13.8 Å². The molecule has 0 aliphatic carbocycles. The van der Waals surface area contributed by atoms with Crippen molar-refractivity contribution < 1.29 is 0 Å². The summed E-state index contributed by atoms with van der Waals surface area (Å²) in [5.74, 6) is 0. The van der Waals surface area contributed by atoms with E-state index in [9.17, 15) is 0 Å². The number of nitrogens with zero attached hydrogens (tertiary/aromatic N) is 2. The molecule has 1 heterocycles. The Hall–Kier alpha value is -1.81. The molecule has 0 unspecified atom stereocenters. The molecule has 0 saturated heterocycles. The van der Waals surface area contributed by atoms with Gasteiger partial charge in [0, 0.05) is 30.4 Å². The molecule has 4 nitrogen and oxygen atoms in total. The molecule has 1 aromatic heterocycles. The first-order valence-corrected chi connectivity index (χ1v) is 6.85. The predicted molar refractivity (Wildman–Crippen MR) is 82.4 cm³/mol. The summed E-state index contributed by atoms with van der Waals surface area (Å²) in [5, 5.41) is 4.46. The van der Waals surface area contributed by atoms with Gasteiger partial charge >= 0.3 is 0 Å². The van der Waals surface area contributed by atoms with Crippen LogP contribution in [-0.4, -0.2) is 36.1 Å². The summed E-state index contributed by atoms with van der Waals surface area (Å²) in [4.78, 5) is 6.81. The van der Waals surface area contributed by atoms with E-state index >= 15 is 0 Å². The molecule has 2 rings (SSSR count). The Kier molecular flexibility index (Phi) is 4.58. The molecule has 0 aliphatic heterocycles. The van der Waals surface area contributed by atoms with E-state index in [-0.39, 0.29) is 0 Å². The van der Waals surface area contributed by atoms with Crippen LogP contribution in [0.15, 0.2) is 30.5 Å². The minimum atomic E-state index is 0.775. The van der Waals surface area contributed by atoms with Crippen LogP contribution in [0.2, 0.25) is 0 Å². The number of fused-ring (bicyclic) bond motifs is 1. The summed E-state index contributed by atoms with van der Waals surface area (Å²) in [6.07, 6.45) is 1.80. The molecule has 2 aromatic rings. The highest BCUT2D eigenvalue weighted by molar-refractivity contribution is 5.98. The summed E-state index contributed by atoms with van der Waals surface area (Å²) >= 11 is 0. The van der Waals surface area contributed by atoms with Gasteiger partial charge in [-0.1, -0.05) is 13.8 Å². The third-order valence-corrected chi connectivity index (χ3v) is 3.44. The number of nitrogens with one attached hydrogen (secondary N) is 1. The van der Waals surface area contributed by atoms with Crippen LogP contribution < -0.4 is 11.1 Å². The molecule has 1 aromatic carbocycles. The van der Waals surface area contributed by atoms with Crippen LogP contribution in [0.5, 0.6) is 0 Å². The zero-order chi connectivity index (χ0) is 13.7. The number of hydrogen-bond acceptors (Lipinski definition) is 4. The van der Waals surface area contributed by atoms with Gasteiger partial charge in [-0.15, -0.1) is 0 Å². The van der Waals surface area contributed by atoms with Gasteiger partial charge in [0.25, 0.3) is 0 Å². The van der Waals surface area contributed by atoms with E-state index in [1.165, 1.54) is 0 Å². The molecule has 0 saturated carbocycles. The normalized spacial score (nSPS) is 11.1. The topological polar surface area (TPSA) is 54.2 Å². The molecule has 0 amide bonds. The SMILES string of the molecule is CCN(CC)CCNc1ccc(N)c2cccnc12. The van der Waals surface area contributed by atoms with E-state index in [1.807, 2.05) is 24.3 Å². The van der Waals surface area contributed by atoms with Gasteiger partial charge in [-0.2, -0.15) is 0 Å². The minimum Gasteiger partial charge on any atom is -0.398 e. The fraction of sp³-hybridized carbons (Fsp3) is 0.400. The maximum atomic E-state index is 5.97. The van der Waals surface area contributed by atoms with Gasteiger partial charge in [0.15, 0.2) is 0 Å². The Morgan fingerprint density at radius 2 is 2.00 bits per heavy atom. The maximum Gasteiger partial charge on any atom is 0.0953 e. The third-order valence-electron chi connectivity index (χ3n) is 3.44. The van der Waals surface area contributed by atoms with Gasteiger partial charge in [0.05, 0.1) is 11.2 Å². The van der Waals surface area contributed by atoms with E-state index < -0.39 is 0 Å². The zero-order valence-corrected chi connectivity index (χ0v) is 11.7. The number of hydrogen-bond donors (Lipinski definition) is 2. The lowest BCUT2D eigenvalue weighted by Crippen LogP contribution is -2.28. The van der Waals surface area contributed by atoms with Crippen LogP contribution in [-0.2, 0) is 0 Å². The van der Waals surface area contributed by atoms with E-state index in [2.05, 4.69) is 29.0 Å². The molecule has 0 radical (unpaired) electrons. The molecule has 0 atom stereocenters. The number of pyridine rings is 1. The number of benzene rings is 1. The molecule has 3 N–H and O–H groups in total. The fourth-order valence-electron chi connectivity index (χ4n) is 2.23. The fourth-order valence-corrected chi connectivity index (χ4v) is 2.23. The van der Waals surface area contributed by atoms with Gasteiger partial charge in [-0.05, 0) is 37.4 Å². The second-order valence-corrected chi connectivity index (χ2v) is 4.56. The average molecular weight is 258 g/mol. The lowest BCUT2D eigenvalue weighted by molar-refractivity contribution is 0.316. The molecule has 0 fully saturated rings. The largest absolute Gasteiger partial charge is 0.398 e. The molecular weight excluding hydrogens is 236 g/mol. The first kappa shape index (κ1) is 13.6. The van der Waals surface area contributed by atoms with Crippen molar-refractivity contribution in [2.75, 3.05) is 37.2 Å². The van der Waals surface area contributed by atoms with Gasteiger partial charge in [-0.3, -0.25) is 4.98 Å². The number of anilines is 2. The standard InChI is InChI=1S/C15H22N4/c1-3-19(4-2)11-10-17-14-8-7-13(16)12-6-5-9-18-15(12)14/h5-9,17H,3-4,10-11,16H2,1-2H3. The van der Waals surface area contributed by atoms with Crippen LogP contribution in [0.3, 0.4) is 0 Å². The lowest BCUT2D eigenvalue weighted by Gasteiger charge is -2.19. The second kappa shape index (κ2) is 6.38. The Balaban J connectivity index is 2.11. The van der Waals surface area contributed by atoms with Crippen molar-refractivity contribution in [1.82, 2.24) is 9.88 Å². The summed E-state index contributed by atoms with van der Waals surface area (Å²) in [7, 11) is 0. The van der Waals surface area contributed by atoms with Crippen molar-refractivity contribution in [3.05, 3.63) is 30.5 Å². The maximum absolute atomic E-state index is 5.97. The van der Waals surface area contributed by atoms with E-state index in [4.69, 9.17) is 5.73 Å². The number of nitrogen functional groups attached to an aromatic ring is 1. The van der Waals surface area contributed by atoms with Crippen molar-refractivity contribution in [3.63, 3.8) is 0 Å². The predicted octanol–water partition coefficient (Wildman–Crippen LogP) is 2.57. The van der Waals surface area contributed by atoms with Crippen LogP contribution in [0, 0.1) is 0 Å². The molecule has 4 heteroatoms. The second-order valence-electron chi connectivity index (χ2n) is 4.56. The van der Waals surface area contributed by atoms with Gasteiger partial charge in [0.2, 0.25) is 0 Å². The molecular formula is C15H22N4. The molecule has 102 valence electrons. The first-order chi connectivity index (χ1) is 9.26. The number of nitrogens with two attached hydrogens (primary N) is 1. The Morgan fingerprint density at radius 3 is 2.74 bits per heavy atom. The van der Waals surface area contributed by atoms with E-state index in [0.717, 1.165) is 48.5 Å². The van der Waals surface area contributed by atoms with Crippen LogP contribution in [0.4, 0.5) is 11.4 Å². The third kappa shape index (κ3) is 3.15.